The summed E-state index contributed by atoms with van der Waals surface area (Å²) in [6, 6.07) is 3.00. The van der Waals surface area contributed by atoms with E-state index in [0.717, 1.165) is 6.07 Å². The van der Waals surface area contributed by atoms with Gasteiger partial charge in [0.1, 0.15) is 17.2 Å². The molecule has 8 nitrogen and oxygen atoms in total. The van der Waals surface area contributed by atoms with E-state index >= 15 is 0 Å². The van der Waals surface area contributed by atoms with Crippen molar-refractivity contribution in [3.8, 4) is 5.75 Å². The van der Waals surface area contributed by atoms with Crippen molar-refractivity contribution in [2.24, 2.45) is 0 Å². The predicted molar refractivity (Wildman–Crippen MR) is 105 cm³/mol. The molecule has 2 amide bonds. The topological polar surface area (TPSA) is 89.9 Å². The third-order valence-corrected chi connectivity index (χ3v) is 5.24. The molecule has 1 fully saturated rings. The van der Waals surface area contributed by atoms with Gasteiger partial charge in [0.2, 0.25) is 5.43 Å². The van der Waals surface area contributed by atoms with E-state index in [1.165, 1.54) is 16.8 Å². The lowest BCUT2D eigenvalue weighted by Gasteiger charge is -2.40. The van der Waals surface area contributed by atoms with Gasteiger partial charge in [0, 0.05) is 30.9 Å². The number of carbonyl (C=O) groups is 2. The number of nitrogens with zero attached hydrogens (tertiary/aromatic N) is 2. The van der Waals surface area contributed by atoms with Crippen molar-refractivity contribution >= 4 is 11.8 Å². The first-order valence-corrected chi connectivity index (χ1v) is 9.95. The number of rotatable bonds is 5. The van der Waals surface area contributed by atoms with E-state index in [9.17, 15) is 23.2 Å². The number of hydrogen-bond donors (Lipinski definition) is 1. The van der Waals surface area contributed by atoms with Crippen LogP contribution in [0.4, 0.5) is 8.78 Å². The second kappa shape index (κ2) is 8.46. The van der Waals surface area contributed by atoms with Gasteiger partial charge in [-0.1, -0.05) is 6.07 Å². The third-order valence-electron chi connectivity index (χ3n) is 5.24. The molecule has 31 heavy (non-hydrogen) atoms. The zero-order valence-corrected chi connectivity index (χ0v) is 16.8. The molecule has 0 spiro atoms. The van der Waals surface area contributed by atoms with Crippen molar-refractivity contribution in [2.75, 3.05) is 19.8 Å². The van der Waals surface area contributed by atoms with Gasteiger partial charge in [-0.15, -0.1) is 0 Å². The van der Waals surface area contributed by atoms with Crippen LogP contribution in [0.2, 0.25) is 0 Å². The molecule has 1 atom stereocenters. The Kier molecular flexibility index (Phi) is 5.73. The molecular formula is C21H21F2N3O5. The standard InChI is InChI=1S/C21H21F2N3O5/c1-2-30-19-17-21(29)26-6-3-7-31-16(26)11-25(17)10-14(18(19)27)20(28)24-9-12-4-5-13(22)8-15(12)23/h4-5,8,10,16H,2-3,6-7,9,11H2,1H3,(H,24,28). The average Bonchev–Trinajstić information content (AvgIpc) is 2.75. The number of aromatic nitrogens is 1. The van der Waals surface area contributed by atoms with Crippen molar-refractivity contribution in [1.82, 2.24) is 14.8 Å². The molecule has 0 saturated carbocycles. The molecule has 1 unspecified atom stereocenters. The van der Waals surface area contributed by atoms with E-state index in [0.29, 0.717) is 25.6 Å². The van der Waals surface area contributed by atoms with E-state index < -0.39 is 35.1 Å². The van der Waals surface area contributed by atoms with Gasteiger partial charge < -0.3 is 24.3 Å². The quantitative estimate of drug-likeness (QED) is 0.775. The van der Waals surface area contributed by atoms with Crippen LogP contribution in [0, 0.1) is 11.6 Å². The Morgan fingerprint density at radius 3 is 2.87 bits per heavy atom. The fraction of sp³-hybridized carbons (Fsp3) is 0.381. The summed E-state index contributed by atoms with van der Waals surface area (Å²) in [4.78, 5) is 40.2. The number of hydrogen-bond acceptors (Lipinski definition) is 5. The molecular weight excluding hydrogens is 412 g/mol. The van der Waals surface area contributed by atoms with Gasteiger partial charge in [-0.3, -0.25) is 14.4 Å². The van der Waals surface area contributed by atoms with Crippen LogP contribution in [0.15, 0.2) is 29.2 Å². The molecule has 0 radical (unpaired) electrons. The van der Waals surface area contributed by atoms with Gasteiger partial charge >= 0.3 is 0 Å². The first kappa shape index (κ1) is 21.0. The Balaban J connectivity index is 1.67. The van der Waals surface area contributed by atoms with Crippen molar-refractivity contribution in [1.29, 1.82) is 0 Å². The van der Waals surface area contributed by atoms with E-state index in [2.05, 4.69) is 5.32 Å². The van der Waals surface area contributed by atoms with E-state index in [1.54, 1.807) is 11.8 Å². The van der Waals surface area contributed by atoms with Gasteiger partial charge in [0.15, 0.2) is 17.7 Å². The normalized spacial score (nSPS) is 17.7. The van der Waals surface area contributed by atoms with Crippen LogP contribution >= 0.6 is 0 Å². The number of ether oxygens (including phenoxy) is 2. The molecule has 2 aromatic rings. The number of carbonyl (C=O) groups excluding carboxylic acids is 2. The lowest BCUT2D eigenvalue weighted by molar-refractivity contribution is -0.0920. The number of halogens is 2. The van der Waals surface area contributed by atoms with Crippen molar-refractivity contribution in [3.63, 3.8) is 0 Å². The summed E-state index contributed by atoms with van der Waals surface area (Å²) in [6.45, 7) is 2.82. The molecule has 1 aromatic heterocycles. The lowest BCUT2D eigenvalue weighted by atomic mass is 10.1. The van der Waals surface area contributed by atoms with Crippen LogP contribution in [0.1, 0.15) is 39.8 Å². The molecule has 2 aliphatic rings. The number of nitrogens with one attached hydrogen (secondary N) is 1. The summed E-state index contributed by atoms with van der Waals surface area (Å²) < 4.78 is 39.5. The van der Waals surface area contributed by atoms with Crippen LogP contribution in [0.5, 0.6) is 5.75 Å². The zero-order valence-electron chi connectivity index (χ0n) is 16.8. The van der Waals surface area contributed by atoms with E-state index in [4.69, 9.17) is 9.47 Å². The fourth-order valence-electron chi connectivity index (χ4n) is 3.76. The number of amides is 2. The molecule has 2 aliphatic heterocycles. The molecule has 4 rings (SSSR count). The maximum Gasteiger partial charge on any atom is 0.276 e. The Morgan fingerprint density at radius 2 is 2.13 bits per heavy atom. The number of pyridine rings is 1. The molecule has 10 heteroatoms. The van der Waals surface area contributed by atoms with Crippen molar-refractivity contribution in [2.45, 2.75) is 32.7 Å². The maximum absolute atomic E-state index is 13.8. The van der Waals surface area contributed by atoms with Crippen LogP contribution in [0.3, 0.4) is 0 Å². The van der Waals surface area contributed by atoms with Crippen LogP contribution < -0.4 is 15.5 Å². The first-order chi connectivity index (χ1) is 14.9. The average molecular weight is 433 g/mol. The van der Waals surface area contributed by atoms with Crippen LogP contribution in [-0.4, -0.2) is 47.3 Å². The summed E-state index contributed by atoms with van der Waals surface area (Å²) in [5, 5.41) is 2.46. The molecule has 1 saturated heterocycles. The highest BCUT2D eigenvalue weighted by atomic mass is 19.1. The maximum atomic E-state index is 13.8. The van der Waals surface area contributed by atoms with Crippen LogP contribution in [0.25, 0.3) is 0 Å². The molecule has 164 valence electrons. The molecule has 0 bridgehead atoms. The molecule has 1 aromatic carbocycles. The highest BCUT2D eigenvalue weighted by molar-refractivity contribution is 5.99. The zero-order chi connectivity index (χ0) is 22.1. The SMILES string of the molecule is CCOc1c2n(cc(C(=O)NCc3ccc(F)cc3F)c1=O)CC1OCCCN1C2=O. The van der Waals surface area contributed by atoms with E-state index in [1.807, 2.05) is 0 Å². The second-order valence-electron chi connectivity index (χ2n) is 7.23. The number of benzene rings is 1. The molecule has 1 N–H and O–H groups in total. The smallest absolute Gasteiger partial charge is 0.276 e. The van der Waals surface area contributed by atoms with Gasteiger partial charge in [-0.2, -0.15) is 0 Å². The molecule has 0 aliphatic carbocycles. The molecule has 3 heterocycles. The van der Waals surface area contributed by atoms with Crippen molar-refractivity contribution in [3.05, 3.63) is 63.1 Å². The summed E-state index contributed by atoms with van der Waals surface area (Å²) in [5.74, 6) is -2.89. The second-order valence-corrected chi connectivity index (χ2v) is 7.23. The Hall–Kier alpha value is -3.27. The van der Waals surface area contributed by atoms with Crippen LogP contribution in [-0.2, 0) is 17.8 Å². The van der Waals surface area contributed by atoms with E-state index in [-0.39, 0.29) is 42.3 Å². The minimum Gasteiger partial charge on any atom is -0.488 e. The highest BCUT2D eigenvalue weighted by Crippen LogP contribution is 2.27. The van der Waals surface area contributed by atoms with Gasteiger partial charge in [-0.05, 0) is 19.4 Å². The third kappa shape index (κ3) is 3.90. The van der Waals surface area contributed by atoms with Gasteiger partial charge in [0.05, 0.1) is 19.8 Å². The first-order valence-electron chi connectivity index (χ1n) is 9.95. The summed E-state index contributed by atoms with van der Waals surface area (Å²) in [5.41, 5.74) is -0.823. The predicted octanol–water partition coefficient (Wildman–Crippen LogP) is 1.66. The highest BCUT2D eigenvalue weighted by Gasteiger charge is 2.38. The lowest BCUT2D eigenvalue weighted by Crippen LogP contribution is -2.53. The minimum absolute atomic E-state index is 0.0688. The Labute approximate surface area is 176 Å². The summed E-state index contributed by atoms with van der Waals surface area (Å²) in [6.07, 6.45) is 1.50. The van der Waals surface area contributed by atoms with Gasteiger partial charge in [0.25, 0.3) is 11.8 Å². The number of fused-ring (bicyclic) bond motifs is 2. The van der Waals surface area contributed by atoms with Gasteiger partial charge in [-0.25, -0.2) is 8.78 Å². The minimum atomic E-state index is -0.808. The fourth-order valence-corrected chi connectivity index (χ4v) is 3.76. The monoisotopic (exact) mass is 433 g/mol. The Morgan fingerprint density at radius 1 is 1.32 bits per heavy atom. The summed E-state index contributed by atoms with van der Waals surface area (Å²) >= 11 is 0. The Bertz CT molecular complexity index is 1100. The summed E-state index contributed by atoms with van der Waals surface area (Å²) in [7, 11) is 0. The van der Waals surface area contributed by atoms with Crippen molar-refractivity contribution < 1.29 is 27.8 Å². The largest absolute Gasteiger partial charge is 0.488 e.